The lowest BCUT2D eigenvalue weighted by Crippen LogP contribution is -2.61. The van der Waals surface area contributed by atoms with Crippen molar-refractivity contribution in [2.45, 2.75) is 116 Å². The molecule has 0 radical (unpaired) electrons. The first kappa shape index (κ1) is 32.8. The molecule has 1 aromatic rings. The summed E-state index contributed by atoms with van der Waals surface area (Å²) >= 11 is 0. The Bertz CT molecular complexity index is 1420. The number of nitrogens with zero attached hydrogens (tertiary/aromatic N) is 1. The zero-order valence-electron chi connectivity index (χ0n) is 28.0. The van der Waals surface area contributed by atoms with Crippen LogP contribution in [-0.2, 0) is 21.2 Å². The molecule has 9 heteroatoms. The fourth-order valence-electron chi connectivity index (χ4n) is 11.7. The highest BCUT2D eigenvalue weighted by atomic mass is 32.2. The zero-order chi connectivity index (χ0) is 32.3. The van der Waals surface area contributed by atoms with Crippen molar-refractivity contribution in [2.75, 3.05) is 18.0 Å². The Balaban J connectivity index is 1.06. The molecule has 1 aromatic carbocycles. The summed E-state index contributed by atoms with van der Waals surface area (Å²) < 4.78 is 28.2. The van der Waals surface area contributed by atoms with Crippen LogP contribution in [0, 0.1) is 52.3 Å². The van der Waals surface area contributed by atoms with Crippen molar-refractivity contribution in [3.8, 4) is 0 Å². The van der Waals surface area contributed by atoms with Gasteiger partial charge < -0.3 is 15.3 Å². The van der Waals surface area contributed by atoms with Crippen LogP contribution in [0.15, 0.2) is 23.1 Å². The first-order valence-corrected chi connectivity index (χ1v) is 19.2. The number of aliphatic hydroxyl groups excluding tert-OH is 1. The molecule has 0 spiro atoms. The van der Waals surface area contributed by atoms with E-state index in [9.17, 15) is 23.1 Å². The van der Waals surface area contributed by atoms with Gasteiger partial charge in [-0.05, 0) is 127 Å². The number of rotatable bonds is 7. The normalized spacial score (nSPS) is 38.0. The van der Waals surface area contributed by atoms with Gasteiger partial charge in [0.15, 0.2) is 0 Å². The number of benzene rings is 1. The highest BCUT2D eigenvalue weighted by Gasteiger charge is 2.64. The largest absolute Gasteiger partial charge is 0.393 e. The van der Waals surface area contributed by atoms with Gasteiger partial charge >= 0.3 is 6.03 Å². The van der Waals surface area contributed by atoms with E-state index in [0.717, 1.165) is 30.5 Å². The van der Waals surface area contributed by atoms with Crippen LogP contribution in [0.3, 0.4) is 0 Å². The maximum atomic E-state index is 13.0. The minimum atomic E-state index is -4.04. The van der Waals surface area contributed by atoms with E-state index in [1.807, 2.05) is 0 Å². The van der Waals surface area contributed by atoms with Gasteiger partial charge in [-0.3, -0.25) is 4.79 Å². The lowest BCUT2D eigenvalue weighted by atomic mass is 9.41. The van der Waals surface area contributed by atoms with E-state index in [0.29, 0.717) is 66.4 Å². The summed E-state index contributed by atoms with van der Waals surface area (Å²) in [5.41, 5.74) is 2.07. The average Bonchev–Trinajstić information content (AvgIpc) is 3.58. The van der Waals surface area contributed by atoms with Crippen molar-refractivity contribution in [3.05, 3.63) is 23.8 Å². The number of urea groups is 1. The topological polar surface area (TPSA) is 116 Å². The van der Waals surface area contributed by atoms with E-state index in [1.165, 1.54) is 57.9 Å². The van der Waals surface area contributed by atoms with Gasteiger partial charge in [-0.25, -0.2) is 17.9 Å². The standard InChI is InChI=1S/C36H55N3O5S/c1-6-26-28-9-7-8-17-35(28,4)30-14-18-36(5)27(11-12-29(36)32(30)33(26)41)22(2)15-19-37-34(42)38-45(43,44)25-10-13-31-24(21-25)16-20-39(31)23(3)40/h10,13,21-22,26-30,32-33,41H,6-9,11-12,14-20H2,1-5H3,(H2,37,38,42)/t22-,26-,27-,28+,29+,30+,32+,33-,35+,36-/m1/s1. The third kappa shape index (κ3) is 5.51. The summed E-state index contributed by atoms with van der Waals surface area (Å²) in [5, 5.41) is 14.7. The molecule has 4 saturated carbocycles. The summed E-state index contributed by atoms with van der Waals surface area (Å²) in [6.45, 7) is 12.1. The van der Waals surface area contributed by atoms with Crippen molar-refractivity contribution >= 4 is 27.6 Å². The Morgan fingerprint density at radius 2 is 1.80 bits per heavy atom. The molecule has 0 bridgehead atoms. The van der Waals surface area contributed by atoms with Gasteiger partial charge in [0, 0.05) is 25.7 Å². The van der Waals surface area contributed by atoms with Gasteiger partial charge in [-0.2, -0.15) is 0 Å². The number of hydrogen-bond donors (Lipinski definition) is 3. The molecule has 45 heavy (non-hydrogen) atoms. The van der Waals surface area contributed by atoms with E-state index in [1.54, 1.807) is 17.0 Å². The van der Waals surface area contributed by atoms with Crippen molar-refractivity contribution in [3.63, 3.8) is 0 Å². The molecule has 1 heterocycles. The summed E-state index contributed by atoms with van der Waals surface area (Å²) in [6, 6.07) is 3.94. The number of sulfonamides is 1. The van der Waals surface area contributed by atoms with Crippen LogP contribution in [-0.4, -0.2) is 44.7 Å². The smallest absolute Gasteiger partial charge is 0.328 e. The minimum absolute atomic E-state index is 0.0271. The summed E-state index contributed by atoms with van der Waals surface area (Å²) in [6.07, 6.45) is 12.3. The minimum Gasteiger partial charge on any atom is -0.393 e. The molecule has 0 aromatic heterocycles. The Labute approximate surface area is 270 Å². The molecule has 3 N–H and O–H groups in total. The van der Waals surface area contributed by atoms with E-state index in [2.05, 4.69) is 37.7 Å². The van der Waals surface area contributed by atoms with E-state index in [-0.39, 0.29) is 22.3 Å². The third-order valence-electron chi connectivity index (χ3n) is 13.8. The van der Waals surface area contributed by atoms with Gasteiger partial charge in [-0.1, -0.05) is 47.0 Å². The van der Waals surface area contributed by atoms with E-state index < -0.39 is 16.1 Å². The molecule has 1 aliphatic heterocycles. The number of carbonyl (C=O) groups is 2. The van der Waals surface area contributed by atoms with Crippen LogP contribution >= 0.6 is 0 Å². The van der Waals surface area contributed by atoms with Crippen LogP contribution in [0.2, 0.25) is 0 Å². The fraction of sp³-hybridized carbons (Fsp3) is 0.778. The second-order valence-corrected chi connectivity index (χ2v) is 17.5. The Kier molecular flexibility index (Phi) is 8.86. The quantitative estimate of drug-likeness (QED) is 0.325. The molecule has 10 atom stereocenters. The number of hydrogen-bond acceptors (Lipinski definition) is 5. The van der Waals surface area contributed by atoms with Gasteiger partial charge in [0.25, 0.3) is 10.0 Å². The van der Waals surface area contributed by atoms with Crippen LogP contribution in [0.1, 0.15) is 104 Å². The lowest BCUT2D eigenvalue weighted by Gasteiger charge is -2.64. The lowest BCUT2D eigenvalue weighted by molar-refractivity contribution is -0.194. The zero-order valence-corrected chi connectivity index (χ0v) is 28.8. The van der Waals surface area contributed by atoms with Gasteiger partial charge in [0.1, 0.15) is 0 Å². The molecule has 4 fully saturated rings. The van der Waals surface area contributed by atoms with Crippen molar-refractivity contribution in [1.82, 2.24) is 10.0 Å². The number of aliphatic hydroxyl groups is 1. The average molecular weight is 642 g/mol. The first-order chi connectivity index (χ1) is 21.3. The number of amides is 3. The van der Waals surface area contributed by atoms with E-state index in [4.69, 9.17) is 0 Å². The molecule has 250 valence electrons. The van der Waals surface area contributed by atoms with Crippen LogP contribution in [0.5, 0.6) is 0 Å². The molecule has 4 aliphatic carbocycles. The third-order valence-corrected chi connectivity index (χ3v) is 15.2. The molecule has 3 amide bonds. The summed E-state index contributed by atoms with van der Waals surface area (Å²) in [5.74, 6) is 3.48. The van der Waals surface area contributed by atoms with E-state index >= 15 is 0 Å². The fourth-order valence-corrected chi connectivity index (χ4v) is 12.7. The van der Waals surface area contributed by atoms with Crippen molar-refractivity contribution in [1.29, 1.82) is 0 Å². The van der Waals surface area contributed by atoms with Crippen LogP contribution in [0.25, 0.3) is 0 Å². The highest BCUT2D eigenvalue weighted by Crippen LogP contribution is 2.69. The predicted octanol–water partition coefficient (Wildman–Crippen LogP) is 6.27. The maximum absolute atomic E-state index is 13.0. The van der Waals surface area contributed by atoms with Crippen LogP contribution < -0.4 is 14.9 Å². The molecule has 0 unspecified atom stereocenters. The Hall–Kier alpha value is -2.13. The monoisotopic (exact) mass is 641 g/mol. The molecular formula is C36H55N3O5S. The molecule has 8 nitrogen and oxygen atoms in total. The number of fused-ring (bicyclic) bond motifs is 6. The Morgan fingerprint density at radius 3 is 2.53 bits per heavy atom. The molecular weight excluding hydrogens is 586 g/mol. The number of nitrogens with one attached hydrogen (secondary N) is 2. The second-order valence-electron chi connectivity index (χ2n) is 15.8. The first-order valence-electron chi connectivity index (χ1n) is 17.7. The SMILES string of the molecule is CC[C@H]1[C@@H](O)[C@@H]2[C@H](CC[C@]3(C)[C@@H]([C@H](C)CCNC(=O)NS(=O)(=O)c4ccc5c(c4)CCN5C(C)=O)CC[C@@H]23)[C@@]2(C)CCCC[C@@H]12. The van der Waals surface area contributed by atoms with Gasteiger partial charge in [0.2, 0.25) is 5.91 Å². The Morgan fingerprint density at radius 1 is 1.04 bits per heavy atom. The molecule has 0 saturated heterocycles. The molecule has 5 aliphatic rings. The maximum Gasteiger partial charge on any atom is 0.328 e. The second kappa shape index (κ2) is 12.1. The summed E-state index contributed by atoms with van der Waals surface area (Å²) in [7, 11) is -4.04. The summed E-state index contributed by atoms with van der Waals surface area (Å²) in [4.78, 5) is 26.2. The predicted molar refractivity (Wildman–Crippen MR) is 176 cm³/mol. The van der Waals surface area contributed by atoms with Crippen molar-refractivity contribution in [2.24, 2.45) is 52.3 Å². The van der Waals surface area contributed by atoms with Crippen LogP contribution in [0.4, 0.5) is 10.5 Å². The van der Waals surface area contributed by atoms with Gasteiger partial charge in [0.05, 0.1) is 11.0 Å². The highest BCUT2D eigenvalue weighted by molar-refractivity contribution is 7.90. The van der Waals surface area contributed by atoms with Crippen molar-refractivity contribution < 1.29 is 23.1 Å². The molecule has 6 rings (SSSR count). The van der Waals surface area contributed by atoms with Gasteiger partial charge in [-0.15, -0.1) is 0 Å². The number of carbonyl (C=O) groups excluding carboxylic acids is 2. The number of anilines is 1.